The molecule has 0 saturated carbocycles. The summed E-state index contributed by atoms with van der Waals surface area (Å²) in [6.07, 6.45) is 1.94. The molecule has 150 valence electrons. The predicted molar refractivity (Wildman–Crippen MR) is 115 cm³/mol. The first-order valence-corrected chi connectivity index (χ1v) is 10.2. The molecule has 0 radical (unpaired) electrons. The van der Waals surface area contributed by atoms with E-state index in [0.717, 1.165) is 18.4 Å². The van der Waals surface area contributed by atoms with Crippen molar-refractivity contribution < 1.29 is 9.59 Å². The summed E-state index contributed by atoms with van der Waals surface area (Å²) in [4.78, 5) is 27.3. The van der Waals surface area contributed by atoms with Gasteiger partial charge in [-0.05, 0) is 36.6 Å². The molecular formula is C22H26Cl2N2O2. The molecule has 0 aromatic heterocycles. The molecule has 2 aromatic carbocycles. The smallest absolute Gasteiger partial charge is 0.242 e. The van der Waals surface area contributed by atoms with Crippen LogP contribution in [-0.2, 0) is 22.6 Å². The van der Waals surface area contributed by atoms with E-state index in [-0.39, 0.29) is 18.2 Å². The summed E-state index contributed by atoms with van der Waals surface area (Å²) < 4.78 is 0. The average molecular weight is 421 g/mol. The largest absolute Gasteiger partial charge is 0.354 e. The highest BCUT2D eigenvalue weighted by molar-refractivity contribution is 6.36. The number of rotatable bonds is 9. The van der Waals surface area contributed by atoms with Crippen LogP contribution < -0.4 is 5.32 Å². The number of nitrogens with one attached hydrogen (secondary N) is 1. The highest BCUT2D eigenvalue weighted by atomic mass is 35.5. The van der Waals surface area contributed by atoms with Gasteiger partial charge in [-0.2, -0.15) is 0 Å². The van der Waals surface area contributed by atoms with Crippen molar-refractivity contribution in [3.63, 3.8) is 0 Å². The van der Waals surface area contributed by atoms with E-state index in [2.05, 4.69) is 12.2 Å². The first kappa shape index (κ1) is 22.3. The predicted octanol–water partition coefficient (Wildman–Crippen LogP) is 4.87. The fourth-order valence-electron chi connectivity index (χ4n) is 2.85. The summed E-state index contributed by atoms with van der Waals surface area (Å²) in [5.41, 5.74) is 1.53. The summed E-state index contributed by atoms with van der Waals surface area (Å²) in [5.74, 6) is -0.361. The van der Waals surface area contributed by atoms with Gasteiger partial charge in [-0.15, -0.1) is 0 Å². The number of unbranched alkanes of at least 4 members (excludes halogenated alkanes) is 1. The Balaban J connectivity index is 2.21. The van der Waals surface area contributed by atoms with Crippen molar-refractivity contribution >= 4 is 35.0 Å². The molecular weight excluding hydrogens is 395 g/mol. The lowest BCUT2D eigenvalue weighted by Crippen LogP contribution is -2.48. The highest BCUT2D eigenvalue weighted by Crippen LogP contribution is 2.25. The van der Waals surface area contributed by atoms with E-state index in [9.17, 15) is 9.59 Å². The van der Waals surface area contributed by atoms with Crippen LogP contribution in [0.2, 0.25) is 10.0 Å². The lowest BCUT2D eigenvalue weighted by molar-refractivity contribution is -0.140. The summed E-state index contributed by atoms with van der Waals surface area (Å²) in [6, 6.07) is 14.2. The van der Waals surface area contributed by atoms with Crippen LogP contribution >= 0.6 is 23.2 Å². The standard InChI is InChI=1S/C22H26Cl2N2O2/c1-3-4-13-25-22(28)16(2)26(15-17-9-6-5-7-10-17)21(27)14-18-19(23)11-8-12-20(18)24/h5-12,16H,3-4,13-15H2,1-2H3,(H,25,28)/t16-/m0/s1. The molecule has 28 heavy (non-hydrogen) atoms. The molecule has 0 saturated heterocycles. The Morgan fingerprint density at radius 1 is 1.04 bits per heavy atom. The Bertz CT molecular complexity index is 776. The second-order valence-electron chi connectivity index (χ2n) is 6.70. The van der Waals surface area contributed by atoms with Crippen molar-refractivity contribution in [3.8, 4) is 0 Å². The number of benzene rings is 2. The van der Waals surface area contributed by atoms with Crippen molar-refractivity contribution in [2.75, 3.05) is 6.54 Å². The molecule has 4 nitrogen and oxygen atoms in total. The summed E-state index contributed by atoms with van der Waals surface area (Å²) in [7, 11) is 0. The van der Waals surface area contributed by atoms with Crippen LogP contribution in [0, 0.1) is 0 Å². The van der Waals surface area contributed by atoms with Gasteiger partial charge in [-0.3, -0.25) is 9.59 Å². The summed E-state index contributed by atoms with van der Waals surface area (Å²) in [5, 5.41) is 3.80. The van der Waals surface area contributed by atoms with Gasteiger partial charge in [0.15, 0.2) is 0 Å². The van der Waals surface area contributed by atoms with E-state index in [0.29, 0.717) is 28.7 Å². The molecule has 0 fully saturated rings. The Morgan fingerprint density at radius 2 is 1.68 bits per heavy atom. The van der Waals surface area contributed by atoms with Gasteiger partial charge in [0.2, 0.25) is 11.8 Å². The zero-order valence-electron chi connectivity index (χ0n) is 16.3. The molecule has 0 aliphatic carbocycles. The first-order valence-electron chi connectivity index (χ1n) is 9.48. The van der Waals surface area contributed by atoms with Crippen molar-refractivity contribution in [1.82, 2.24) is 10.2 Å². The Labute approximate surface area is 176 Å². The molecule has 0 unspecified atom stereocenters. The monoisotopic (exact) mass is 420 g/mol. The third-order valence-electron chi connectivity index (χ3n) is 4.58. The van der Waals surface area contributed by atoms with Crippen LogP contribution in [0.5, 0.6) is 0 Å². The molecule has 2 amide bonds. The van der Waals surface area contributed by atoms with Crippen LogP contribution in [0.15, 0.2) is 48.5 Å². The number of carbonyl (C=O) groups excluding carboxylic acids is 2. The average Bonchev–Trinajstić information content (AvgIpc) is 2.69. The molecule has 2 rings (SSSR count). The fraction of sp³-hybridized carbons (Fsp3) is 0.364. The molecule has 2 aromatic rings. The van der Waals surface area contributed by atoms with Crippen LogP contribution in [0.3, 0.4) is 0 Å². The van der Waals surface area contributed by atoms with Crippen LogP contribution in [0.1, 0.15) is 37.8 Å². The van der Waals surface area contributed by atoms with Gasteiger partial charge in [-0.25, -0.2) is 0 Å². The van der Waals surface area contributed by atoms with Gasteiger partial charge in [0, 0.05) is 23.1 Å². The van der Waals surface area contributed by atoms with E-state index in [1.165, 1.54) is 0 Å². The first-order chi connectivity index (χ1) is 13.4. The van der Waals surface area contributed by atoms with E-state index in [1.54, 1.807) is 30.0 Å². The van der Waals surface area contributed by atoms with E-state index < -0.39 is 6.04 Å². The highest BCUT2D eigenvalue weighted by Gasteiger charge is 2.27. The van der Waals surface area contributed by atoms with Crippen molar-refractivity contribution in [1.29, 1.82) is 0 Å². The van der Waals surface area contributed by atoms with E-state index in [4.69, 9.17) is 23.2 Å². The lowest BCUT2D eigenvalue weighted by Gasteiger charge is -2.29. The Hall–Kier alpha value is -2.04. The Morgan fingerprint density at radius 3 is 2.29 bits per heavy atom. The SMILES string of the molecule is CCCCNC(=O)[C@H](C)N(Cc1ccccc1)C(=O)Cc1c(Cl)cccc1Cl. The molecule has 0 aliphatic rings. The minimum atomic E-state index is -0.606. The number of hydrogen-bond donors (Lipinski definition) is 1. The fourth-order valence-corrected chi connectivity index (χ4v) is 3.38. The second kappa shape index (κ2) is 11.1. The van der Waals surface area contributed by atoms with Crippen molar-refractivity contribution in [3.05, 3.63) is 69.7 Å². The normalized spacial score (nSPS) is 11.7. The molecule has 0 heterocycles. The van der Waals surface area contributed by atoms with Gasteiger partial charge in [-0.1, -0.05) is 72.9 Å². The van der Waals surface area contributed by atoms with Gasteiger partial charge in [0.1, 0.15) is 6.04 Å². The number of amides is 2. The third-order valence-corrected chi connectivity index (χ3v) is 5.29. The maximum absolute atomic E-state index is 13.1. The number of halogens is 2. The van der Waals surface area contributed by atoms with E-state index >= 15 is 0 Å². The molecule has 0 aliphatic heterocycles. The Kier molecular flexibility index (Phi) is 8.81. The van der Waals surface area contributed by atoms with Crippen molar-refractivity contribution in [2.45, 2.75) is 45.7 Å². The summed E-state index contributed by atoms with van der Waals surface area (Å²) in [6.45, 7) is 4.75. The molecule has 1 N–H and O–H groups in total. The topological polar surface area (TPSA) is 49.4 Å². The van der Waals surface area contributed by atoms with Gasteiger partial charge < -0.3 is 10.2 Å². The number of nitrogens with zero attached hydrogens (tertiary/aromatic N) is 1. The minimum Gasteiger partial charge on any atom is -0.354 e. The zero-order valence-corrected chi connectivity index (χ0v) is 17.8. The number of carbonyl (C=O) groups is 2. The van der Waals surface area contributed by atoms with Crippen LogP contribution in [-0.4, -0.2) is 29.3 Å². The van der Waals surface area contributed by atoms with Crippen LogP contribution in [0.4, 0.5) is 0 Å². The zero-order chi connectivity index (χ0) is 20.5. The van der Waals surface area contributed by atoms with Gasteiger partial charge >= 0.3 is 0 Å². The molecule has 0 bridgehead atoms. The molecule has 6 heteroatoms. The third kappa shape index (κ3) is 6.25. The second-order valence-corrected chi connectivity index (χ2v) is 7.52. The summed E-state index contributed by atoms with van der Waals surface area (Å²) >= 11 is 12.5. The van der Waals surface area contributed by atoms with Gasteiger partial charge in [0.25, 0.3) is 0 Å². The maximum atomic E-state index is 13.1. The van der Waals surface area contributed by atoms with Crippen molar-refractivity contribution in [2.24, 2.45) is 0 Å². The van der Waals surface area contributed by atoms with Crippen LogP contribution in [0.25, 0.3) is 0 Å². The lowest BCUT2D eigenvalue weighted by atomic mass is 10.1. The molecule has 1 atom stereocenters. The van der Waals surface area contributed by atoms with Gasteiger partial charge in [0.05, 0.1) is 6.42 Å². The molecule has 0 spiro atoms. The minimum absolute atomic E-state index is 0.0396. The number of hydrogen-bond acceptors (Lipinski definition) is 2. The van der Waals surface area contributed by atoms with E-state index in [1.807, 2.05) is 30.3 Å². The quantitative estimate of drug-likeness (QED) is 0.588. The maximum Gasteiger partial charge on any atom is 0.242 e.